The lowest BCUT2D eigenvalue weighted by Gasteiger charge is -2.69. The third-order valence-electron chi connectivity index (χ3n) is 12.6. The largest absolute Gasteiger partial charge is 0.458 e. The van der Waals surface area contributed by atoms with Crippen LogP contribution in [0.2, 0.25) is 18.1 Å². The average Bonchev–Trinajstić information content (AvgIpc) is 3.01. The van der Waals surface area contributed by atoms with E-state index in [-0.39, 0.29) is 19.4 Å². The van der Waals surface area contributed by atoms with Gasteiger partial charge in [0, 0.05) is 37.5 Å². The summed E-state index contributed by atoms with van der Waals surface area (Å²) in [7, 11) is -2.29. The maximum absolute atomic E-state index is 14.1. The number of hydrogen-bond acceptors (Lipinski definition) is 10. The molecule has 2 bridgehead atoms. The Hall–Kier alpha value is -2.57. The van der Waals surface area contributed by atoms with Crippen LogP contribution in [0.15, 0.2) is 41.5 Å². The SMILES string of the molecule is CC[Si](CC)(CC)O[C@H]1C[C@H]2OC[C@@]2(OC(C)=O)[C@H]2[C@H](OC(=O)c3ccccc3)[C@]3(O)C[C@H](O)C(C)=C([C@@H](OC(C)=O)C[C@]12C)C3(C)C. The van der Waals surface area contributed by atoms with Gasteiger partial charge in [0.2, 0.25) is 0 Å². The molecule has 11 heteroatoms. The van der Waals surface area contributed by atoms with Crippen molar-refractivity contribution in [2.45, 2.75) is 141 Å². The number of benzene rings is 1. The van der Waals surface area contributed by atoms with Gasteiger partial charge in [-0.3, -0.25) is 9.59 Å². The molecular weight excluding hydrogens is 632 g/mol. The minimum atomic E-state index is -2.29. The number of carbonyl (C=O) groups excluding carboxylic acids is 3. The summed E-state index contributed by atoms with van der Waals surface area (Å²) in [4.78, 5) is 39.9. The van der Waals surface area contributed by atoms with Gasteiger partial charge < -0.3 is 33.6 Å². The van der Waals surface area contributed by atoms with E-state index in [4.69, 9.17) is 23.4 Å². The lowest BCUT2D eigenvalue weighted by molar-refractivity contribution is -0.352. The summed E-state index contributed by atoms with van der Waals surface area (Å²) in [6, 6.07) is 11.2. The Labute approximate surface area is 285 Å². The van der Waals surface area contributed by atoms with Gasteiger partial charge in [0.15, 0.2) is 13.9 Å². The van der Waals surface area contributed by atoms with Crippen molar-refractivity contribution >= 4 is 26.2 Å². The fourth-order valence-corrected chi connectivity index (χ4v) is 12.6. The van der Waals surface area contributed by atoms with Gasteiger partial charge in [-0.2, -0.15) is 0 Å². The van der Waals surface area contributed by atoms with Crippen molar-refractivity contribution in [1.82, 2.24) is 0 Å². The molecule has 0 amide bonds. The molecule has 9 atom stereocenters. The molecule has 1 saturated heterocycles. The molecule has 5 rings (SSSR count). The number of carbonyl (C=O) groups is 3. The van der Waals surface area contributed by atoms with E-state index in [0.717, 1.165) is 18.1 Å². The van der Waals surface area contributed by atoms with Gasteiger partial charge in [0.1, 0.15) is 23.9 Å². The second-order valence-electron chi connectivity index (χ2n) is 15.3. The third-order valence-corrected chi connectivity index (χ3v) is 17.2. The van der Waals surface area contributed by atoms with Crippen molar-refractivity contribution < 1.29 is 48.0 Å². The summed E-state index contributed by atoms with van der Waals surface area (Å²) in [5.41, 5.74) is -3.84. The standard InChI is InChI=1S/C37H54O10Si/c1-10-48(11-2,12-3)47-28-18-29-36(21-43-29,46-24(6)39)31-32(45-33(41)25-16-14-13-15-17-25)37(42)19-26(40)22(4)30(34(37,7)8)27(44-23(5)38)20-35(28,31)9/h13-17,26-29,31-32,40,42H,10-12,18-21H2,1-9H3/t26-,27-,28-,29+,31-,32-,35+,36-,37+/m0/s1. The molecule has 266 valence electrons. The van der Waals surface area contributed by atoms with Crippen LogP contribution in [0, 0.1) is 16.7 Å². The molecule has 0 radical (unpaired) electrons. The molecule has 2 saturated carbocycles. The summed E-state index contributed by atoms with van der Waals surface area (Å²) < 4.78 is 32.6. The first kappa shape index (κ1) is 36.7. The average molecular weight is 687 g/mol. The van der Waals surface area contributed by atoms with Gasteiger partial charge in [-0.05, 0) is 54.8 Å². The number of fused-ring (bicyclic) bond motifs is 5. The van der Waals surface area contributed by atoms with E-state index in [0.29, 0.717) is 23.1 Å². The van der Waals surface area contributed by atoms with Crippen molar-refractivity contribution in [1.29, 1.82) is 0 Å². The molecule has 3 fully saturated rings. The zero-order valence-electron chi connectivity index (χ0n) is 30.0. The minimum Gasteiger partial charge on any atom is -0.458 e. The highest BCUT2D eigenvalue weighted by Crippen LogP contribution is 2.66. The van der Waals surface area contributed by atoms with Crippen LogP contribution in [0.25, 0.3) is 0 Å². The van der Waals surface area contributed by atoms with Crippen LogP contribution in [0.5, 0.6) is 0 Å². The summed E-state index contributed by atoms with van der Waals surface area (Å²) in [5.74, 6) is -2.54. The Morgan fingerprint density at radius 1 is 0.958 bits per heavy atom. The van der Waals surface area contributed by atoms with Crippen LogP contribution < -0.4 is 0 Å². The predicted molar refractivity (Wildman–Crippen MR) is 180 cm³/mol. The topological polar surface area (TPSA) is 138 Å². The highest BCUT2D eigenvalue weighted by molar-refractivity contribution is 6.73. The summed E-state index contributed by atoms with van der Waals surface area (Å²) in [6.45, 7) is 16.7. The van der Waals surface area contributed by atoms with Gasteiger partial charge >= 0.3 is 17.9 Å². The molecule has 4 aliphatic rings. The Bertz CT molecular complexity index is 1430. The maximum Gasteiger partial charge on any atom is 0.338 e. The first-order valence-electron chi connectivity index (χ1n) is 17.5. The van der Waals surface area contributed by atoms with Crippen molar-refractivity contribution in [3.63, 3.8) is 0 Å². The van der Waals surface area contributed by atoms with E-state index in [9.17, 15) is 24.6 Å². The zero-order chi connectivity index (χ0) is 35.4. The second-order valence-corrected chi connectivity index (χ2v) is 20.0. The molecule has 10 nitrogen and oxygen atoms in total. The van der Waals surface area contributed by atoms with Crippen LogP contribution in [0.1, 0.15) is 91.9 Å². The molecule has 1 aromatic rings. The van der Waals surface area contributed by atoms with Gasteiger partial charge in [0.05, 0.1) is 30.3 Å². The first-order chi connectivity index (χ1) is 22.4. The normalized spacial score (nSPS) is 37.1. The molecule has 1 heterocycles. The fraction of sp³-hybridized carbons (Fsp3) is 0.703. The Morgan fingerprint density at radius 2 is 1.58 bits per heavy atom. The summed E-state index contributed by atoms with van der Waals surface area (Å²) in [6.07, 6.45) is -3.87. The van der Waals surface area contributed by atoms with Gasteiger partial charge in [-0.25, -0.2) is 4.79 Å². The lowest BCUT2D eigenvalue weighted by atomic mass is 9.45. The van der Waals surface area contributed by atoms with Crippen LogP contribution in [-0.4, -0.2) is 84.8 Å². The predicted octanol–water partition coefficient (Wildman–Crippen LogP) is 5.50. The van der Waals surface area contributed by atoms with Crippen LogP contribution in [0.4, 0.5) is 0 Å². The van der Waals surface area contributed by atoms with Gasteiger partial charge in [-0.15, -0.1) is 0 Å². The van der Waals surface area contributed by atoms with Gasteiger partial charge in [-0.1, -0.05) is 59.7 Å². The number of esters is 3. The molecule has 3 aliphatic carbocycles. The third kappa shape index (κ3) is 5.67. The molecule has 48 heavy (non-hydrogen) atoms. The van der Waals surface area contributed by atoms with Crippen molar-refractivity contribution in [2.24, 2.45) is 16.7 Å². The van der Waals surface area contributed by atoms with E-state index >= 15 is 0 Å². The Morgan fingerprint density at radius 3 is 2.10 bits per heavy atom. The number of aliphatic hydroxyl groups excluding tert-OH is 1. The molecule has 1 aliphatic heterocycles. The van der Waals surface area contributed by atoms with E-state index in [1.165, 1.54) is 13.8 Å². The minimum absolute atomic E-state index is 0.0283. The summed E-state index contributed by atoms with van der Waals surface area (Å²) in [5, 5.41) is 24.9. The number of hydrogen-bond donors (Lipinski definition) is 2. The highest BCUT2D eigenvalue weighted by atomic mass is 28.4. The van der Waals surface area contributed by atoms with Crippen molar-refractivity contribution in [3.05, 3.63) is 47.0 Å². The van der Waals surface area contributed by atoms with E-state index < -0.39 is 84.7 Å². The van der Waals surface area contributed by atoms with E-state index in [2.05, 4.69) is 20.8 Å². The van der Waals surface area contributed by atoms with E-state index in [1.807, 2.05) is 20.8 Å². The van der Waals surface area contributed by atoms with Crippen LogP contribution in [0.3, 0.4) is 0 Å². The Balaban J connectivity index is 1.84. The summed E-state index contributed by atoms with van der Waals surface area (Å²) >= 11 is 0. The zero-order valence-corrected chi connectivity index (χ0v) is 31.0. The molecular formula is C37H54O10Si. The highest BCUT2D eigenvalue weighted by Gasteiger charge is 2.76. The number of rotatable bonds is 9. The second kappa shape index (κ2) is 13.0. The van der Waals surface area contributed by atoms with Crippen LogP contribution >= 0.6 is 0 Å². The van der Waals surface area contributed by atoms with E-state index in [1.54, 1.807) is 37.3 Å². The monoisotopic (exact) mass is 686 g/mol. The molecule has 0 spiro atoms. The van der Waals surface area contributed by atoms with Gasteiger partial charge in [0.25, 0.3) is 0 Å². The van der Waals surface area contributed by atoms with Crippen molar-refractivity contribution in [3.8, 4) is 0 Å². The fourth-order valence-electron chi connectivity index (χ4n) is 9.65. The first-order valence-corrected chi connectivity index (χ1v) is 20.0. The lowest BCUT2D eigenvalue weighted by Crippen LogP contribution is -2.80. The van der Waals surface area contributed by atoms with Crippen LogP contribution in [-0.2, 0) is 33.0 Å². The van der Waals surface area contributed by atoms with Crippen molar-refractivity contribution in [2.75, 3.05) is 6.61 Å². The maximum atomic E-state index is 14.1. The quantitative estimate of drug-likeness (QED) is 0.148. The molecule has 2 N–H and O–H groups in total. The number of ether oxygens (including phenoxy) is 4. The molecule has 0 unspecified atom stereocenters. The molecule has 0 aromatic heterocycles. The number of aliphatic hydroxyl groups is 2. The smallest absolute Gasteiger partial charge is 0.338 e. The molecule has 1 aromatic carbocycles. The Kier molecular flexibility index (Phi) is 9.90.